The Morgan fingerprint density at radius 1 is 1.00 bits per heavy atom. The first-order valence-electron chi connectivity index (χ1n) is 12.0. The van der Waals surface area contributed by atoms with Gasteiger partial charge in [-0.25, -0.2) is 0 Å². The van der Waals surface area contributed by atoms with E-state index >= 15 is 0 Å². The van der Waals surface area contributed by atoms with Crippen LogP contribution in [0, 0.1) is 6.92 Å². The molecule has 0 heterocycles. The molecule has 0 aliphatic heterocycles. The number of nitrogens with one attached hydrogen (secondary N) is 1. The largest absolute Gasteiger partial charge is 0.484 e. The van der Waals surface area contributed by atoms with E-state index in [2.05, 4.69) is 5.32 Å². The summed E-state index contributed by atoms with van der Waals surface area (Å²) in [5.74, 6) is 0.0889. The lowest BCUT2D eigenvalue weighted by Gasteiger charge is -2.32. The van der Waals surface area contributed by atoms with Gasteiger partial charge in [0.25, 0.3) is 5.91 Å². The molecule has 0 fully saturated rings. The third kappa shape index (κ3) is 7.74. The van der Waals surface area contributed by atoms with E-state index in [4.69, 9.17) is 27.9 Å². The summed E-state index contributed by atoms with van der Waals surface area (Å²) in [5.41, 5.74) is 2.56. The lowest BCUT2D eigenvalue weighted by Crippen LogP contribution is -2.53. The zero-order valence-corrected chi connectivity index (χ0v) is 22.4. The highest BCUT2D eigenvalue weighted by molar-refractivity contribution is 6.35. The van der Waals surface area contributed by atoms with E-state index < -0.39 is 6.04 Å². The van der Waals surface area contributed by atoms with Crippen LogP contribution in [0.2, 0.25) is 10.0 Å². The van der Waals surface area contributed by atoms with Crippen molar-refractivity contribution >= 4 is 35.0 Å². The zero-order chi connectivity index (χ0) is 26.1. The fraction of sp³-hybridized carbons (Fsp3) is 0.310. The van der Waals surface area contributed by atoms with Gasteiger partial charge in [0.2, 0.25) is 5.91 Å². The van der Waals surface area contributed by atoms with Gasteiger partial charge >= 0.3 is 0 Å². The van der Waals surface area contributed by atoms with E-state index in [-0.39, 0.29) is 31.0 Å². The third-order valence-corrected chi connectivity index (χ3v) is 6.66. The maximum absolute atomic E-state index is 13.7. The third-order valence-electron chi connectivity index (χ3n) is 6.07. The maximum Gasteiger partial charge on any atom is 0.261 e. The molecule has 0 radical (unpaired) electrons. The fourth-order valence-corrected chi connectivity index (χ4v) is 4.24. The Labute approximate surface area is 223 Å². The first-order chi connectivity index (χ1) is 17.3. The topological polar surface area (TPSA) is 58.6 Å². The van der Waals surface area contributed by atoms with Crippen molar-refractivity contribution in [3.63, 3.8) is 0 Å². The Kier molecular flexibility index (Phi) is 10.2. The number of hydrogen-bond acceptors (Lipinski definition) is 3. The number of amides is 2. The van der Waals surface area contributed by atoms with Gasteiger partial charge in [-0.2, -0.15) is 0 Å². The summed E-state index contributed by atoms with van der Waals surface area (Å²) in [6.45, 7) is 5.79. The highest BCUT2D eigenvalue weighted by Gasteiger charge is 2.31. The first kappa shape index (κ1) is 27.6. The molecule has 0 unspecified atom stereocenters. The highest BCUT2D eigenvalue weighted by atomic mass is 35.5. The molecule has 7 heteroatoms. The normalized spacial score (nSPS) is 12.5. The van der Waals surface area contributed by atoms with Gasteiger partial charge in [-0.15, -0.1) is 0 Å². The molecule has 0 aliphatic rings. The number of benzene rings is 3. The zero-order valence-electron chi connectivity index (χ0n) is 20.8. The van der Waals surface area contributed by atoms with Crippen LogP contribution in [0.15, 0.2) is 72.8 Å². The summed E-state index contributed by atoms with van der Waals surface area (Å²) in [6.07, 6.45) is 1.13. The van der Waals surface area contributed by atoms with Crippen LogP contribution in [0.25, 0.3) is 0 Å². The number of hydrogen-bond donors (Lipinski definition) is 1. The van der Waals surface area contributed by atoms with Crippen molar-refractivity contribution in [1.82, 2.24) is 10.2 Å². The van der Waals surface area contributed by atoms with Crippen LogP contribution in [0.3, 0.4) is 0 Å². The van der Waals surface area contributed by atoms with Gasteiger partial charge < -0.3 is 15.0 Å². The molecular formula is C29H32Cl2N2O3. The standard InChI is InChI=1S/C29H32Cl2N2O3/c1-4-21(3)32-29(35)26(16-22-11-6-5-7-12-22)33(18-23-14-15-24(30)17-25(23)31)28(34)19-36-27-13-9-8-10-20(27)2/h5-15,17,21,26H,4,16,18-19H2,1-3H3,(H,32,35)/t21-,26-/m0/s1. The molecule has 3 aromatic rings. The molecule has 3 rings (SSSR count). The van der Waals surface area contributed by atoms with E-state index in [1.807, 2.05) is 75.4 Å². The summed E-state index contributed by atoms with van der Waals surface area (Å²) in [7, 11) is 0. The Balaban J connectivity index is 1.95. The van der Waals surface area contributed by atoms with Crippen molar-refractivity contribution in [3.05, 3.63) is 99.5 Å². The number of halogens is 2. The number of aryl methyl sites for hydroxylation is 1. The van der Waals surface area contributed by atoms with Crippen LogP contribution in [-0.4, -0.2) is 35.4 Å². The lowest BCUT2D eigenvalue weighted by molar-refractivity contribution is -0.143. The molecule has 5 nitrogen and oxygen atoms in total. The van der Waals surface area contributed by atoms with Crippen molar-refractivity contribution in [3.8, 4) is 5.75 Å². The predicted octanol–water partition coefficient (Wildman–Crippen LogP) is 6.24. The molecule has 1 N–H and O–H groups in total. The minimum atomic E-state index is -0.763. The quantitative estimate of drug-likeness (QED) is 0.322. The van der Waals surface area contributed by atoms with Crippen molar-refractivity contribution in [2.45, 2.75) is 52.2 Å². The SMILES string of the molecule is CC[C@H](C)NC(=O)[C@H](Cc1ccccc1)N(Cc1ccc(Cl)cc1Cl)C(=O)COc1ccccc1C. The molecule has 0 spiro atoms. The predicted molar refractivity (Wildman–Crippen MR) is 146 cm³/mol. The molecule has 0 aliphatic carbocycles. The average Bonchev–Trinajstić information content (AvgIpc) is 2.87. The molecule has 2 amide bonds. The van der Waals surface area contributed by atoms with Crippen LogP contribution < -0.4 is 10.1 Å². The molecule has 2 atom stereocenters. The number of carbonyl (C=O) groups is 2. The number of carbonyl (C=O) groups excluding carboxylic acids is 2. The maximum atomic E-state index is 13.7. The van der Waals surface area contributed by atoms with Crippen LogP contribution in [0.4, 0.5) is 0 Å². The van der Waals surface area contributed by atoms with Crippen LogP contribution >= 0.6 is 23.2 Å². The number of para-hydroxylation sites is 1. The molecule has 0 aromatic heterocycles. The van der Waals surface area contributed by atoms with Gasteiger partial charge in [-0.3, -0.25) is 9.59 Å². The first-order valence-corrected chi connectivity index (χ1v) is 12.8. The Hall–Kier alpha value is -3.02. The molecule has 3 aromatic carbocycles. The molecule has 0 saturated heterocycles. The monoisotopic (exact) mass is 526 g/mol. The van der Waals surface area contributed by atoms with Crippen molar-refractivity contribution in [2.75, 3.05) is 6.61 Å². The Morgan fingerprint density at radius 3 is 2.36 bits per heavy atom. The van der Waals surface area contributed by atoms with Gasteiger partial charge in [0.15, 0.2) is 6.61 Å². The minimum Gasteiger partial charge on any atom is -0.484 e. The summed E-state index contributed by atoms with van der Waals surface area (Å²) in [6, 6.07) is 21.5. The van der Waals surface area contributed by atoms with Gasteiger partial charge in [0.05, 0.1) is 0 Å². The second kappa shape index (κ2) is 13.3. The van der Waals surface area contributed by atoms with Crippen molar-refractivity contribution in [1.29, 1.82) is 0 Å². The Morgan fingerprint density at radius 2 is 1.69 bits per heavy atom. The van der Waals surface area contributed by atoms with Gasteiger partial charge in [0, 0.05) is 29.1 Å². The van der Waals surface area contributed by atoms with E-state index in [1.54, 1.807) is 23.1 Å². The summed E-state index contributed by atoms with van der Waals surface area (Å²) in [5, 5.41) is 3.98. The second-order valence-electron chi connectivity index (χ2n) is 8.83. The fourth-order valence-electron chi connectivity index (χ4n) is 3.77. The molecule has 0 bridgehead atoms. The Bertz CT molecular complexity index is 1170. The van der Waals surface area contributed by atoms with Crippen LogP contribution in [0.5, 0.6) is 5.75 Å². The second-order valence-corrected chi connectivity index (χ2v) is 9.68. The summed E-state index contributed by atoms with van der Waals surface area (Å²) in [4.78, 5) is 28.7. The van der Waals surface area contributed by atoms with Crippen molar-refractivity contribution in [2.24, 2.45) is 0 Å². The number of ether oxygens (including phenoxy) is 1. The number of nitrogens with zero attached hydrogens (tertiary/aromatic N) is 1. The molecule has 190 valence electrons. The van der Waals surface area contributed by atoms with E-state index in [1.165, 1.54) is 0 Å². The van der Waals surface area contributed by atoms with E-state index in [0.717, 1.165) is 17.5 Å². The molecule has 0 saturated carbocycles. The van der Waals surface area contributed by atoms with Gasteiger partial charge in [-0.1, -0.05) is 84.7 Å². The summed E-state index contributed by atoms with van der Waals surface area (Å²) < 4.78 is 5.87. The number of rotatable bonds is 11. The molecular weight excluding hydrogens is 495 g/mol. The molecule has 36 heavy (non-hydrogen) atoms. The summed E-state index contributed by atoms with van der Waals surface area (Å²) >= 11 is 12.6. The highest BCUT2D eigenvalue weighted by Crippen LogP contribution is 2.24. The van der Waals surface area contributed by atoms with Crippen LogP contribution in [-0.2, 0) is 22.6 Å². The minimum absolute atomic E-state index is 0.0323. The van der Waals surface area contributed by atoms with Gasteiger partial charge in [-0.05, 0) is 55.2 Å². The van der Waals surface area contributed by atoms with Crippen molar-refractivity contribution < 1.29 is 14.3 Å². The van der Waals surface area contributed by atoms with Crippen LogP contribution in [0.1, 0.15) is 37.0 Å². The smallest absolute Gasteiger partial charge is 0.261 e. The van der Waals surface area contributed by atoms with Gasteiger partial charge in [0.1, 0.15) is 11.8 Å². The van der Waals surface area contributed by atoms with E-state index in [0.29, 0.717) is 27.8 Å². The van der Waals surface area contributed by atoms with E-state index in [9.17, 15) is 9.59 Å². The lowest BCUT2D eigenvalue weighted by atomic mass is 10.0. The average molecular weight is 527 g/mol.